The van der Waals surface area contributed by atoms with Crippen molar-refractivity contribution in [3.63, 3.8) is 0 Å². The fourth-order valence-electron chi connectivity index (χ4n) is 12.9. The standard InChI is InChI=1S/C54H102O/c1-5-9-11-13-15-21-45-27-31-51(32-28-45)43-49(19-7-3)25-17-23-47-35-39-53(40-36-47)55-54-41-37-48(38-42-54)24-18-26-50(20-8-4)44-52-33-29-46(30-34-52)22-16-14-12-10-6-2/h45-54H,5-44H2,1-4H3. The SMILES string of the molecule is CCCCCCCC1CCC(CC(CCC)CCCC2CCC(OC3CCC(CCCC(CCC)CC4CCC(CCCCCCC)CC4)CC3)CC2)CC1. The second kappa shape index (κ2) is 30.1. The first-order valence-electron chi connectivity index (χ1n) is 26.7. The van der Waals surface area contributed by atoms with Crippen LogP contribution in [0.1, 0.15) is 285 Å². The minimum Gasteiger partial charge on any atom is -0.375 e. The smallest absolute Gasteiger partial charge is 0.0579 e. The van der Waals surface area contributed by atoms with Crippen molar-refractivity contribution in [2.45, 2.75) is 297 Å². The van der Waals surface area contributed by atoms with E-state index in [1.807, 2.05) is 0 Å². The molecule has 0 aromatic heterocycles. The molecule has 0 radical (unpaired) electrons. The number of ether oxygens (including phenoxy) is 1. The van der Waals surface area contributed by atoms with Gasteiger partial charge in [-0.3, -0.25) is 0 Å². The second-order valence-corrected chi connectivity index (χ2v) is 21.2. The predicted molar refractivity (Wildman–Crippen MR) is 244 cm³/mol. The highest BCUT2D eigenvalue weighted by Crippen LogP contribution is 2.40. The number of unbranched alkanes of at least 4 members (excludes halogenated alkanes) is 8. The average molecular weight is 767 g/mol. The lowest BCUT2D eigenvalue weighted by Crippen LogP contribution is -2.30. The summed E-state index contributed by atoms with van der Waals surface area (Å²) in [5.74, 6) is 8.22. The van der Waals surface area contributed by atoms with E-state index in [0.717, 1.165) is 47.3 Å². The Hall–Kier alpha value is -0.0400. The quantitative estimate of drug-likeness (QED) is 0.0662. The summed E-state index contributed by atoms with van der Waals surface area (Å²) < 4.78 is 6.84. The number of hydrogen-bond donors (Lipinski definition) is 0. The van der Waals surface area contributed by atoms with Crippen molar-refractivity contribution in [3.05, 3.63) is 0 Å². The van der Waals surface area contributed by atoms with Gasteiger partial charge in [-0.1, -0.05) is 220 Å². The van der Waals surface area contributed by atoms with Gasteiger partial charge in [-0.25, -0.2) is 0 Å². The Kier molecular flexibility index (Phi) is 26.0. The van der Waals surface area contributed by atoms with Gasteiger partial charge in [0, 0.05) is 0 Å². The Morgan fingerprint density at radius 2 is 0.618 bits per heavy atom. The van der Waals surface area contributed by atoms with Crippen LogP contribution < -0.4 is 0 Å². The summed E-state index contributed by atoms with van der Waals surface area (Å²) in [6, 6.07) is 0. The Morgan fingerprint density at radius 3 is 0.964 bits per heavy atom. The van der Waals surface area contributed by atoms with Gasteiger partial charge in [-0.15, -0.1) is 0 Å². The van der Waals surface area contributed by atoms with Crippen LogP contribution in [0.4, 0.5) is 0 Å². The van der Waals surface area contributed by atoms with E-state index in [2.05, 4.69) is 27.7 Å². The number of rotatable bonds is 30. The molecule has 0 N–H and O–H groups in total. The van der Waals surface area contributed by atoms with Gasteiger partial charge in [0.1, 0.15) is 0 Å². The lowest BCUT2D eigenvalue weighted by molar-refractivity contribution is -0.0573. The van der Waals surface area contributed by atoms with Crippen molar-refractivity contribution in [3.8, 4) is 0 Å². The Balaban J connectivity index is 0.993. The van der Waals surface area contributed by atoms with Gasteiger partial charge in [-0.05, 0) is 112 Å². The van der Waals surface area contributed by atoms with Gasteiger partial charge in [0.25, 0.3) is 0 Å². The van der Waals surface area contributed by atoms with Gasteiger partial charge >= 0.3 is 0 Å². The molecule has 4 rings (SSSR count). The summed E-state index contributed by atoms with van der Waals surface area (Å²) in [5.41, 5.74) is 0. The van der Waals surface area contributed by atoms with Crippen molar-refractivity contribution in [2.75, 3.05) is 0 Å². The van der Waals surface area contributed by atoms with Gasteiger partial charge in [0.15, 0.2) is 0 Å². The van der Waals surface area contributed by atoms with E-state index in [1.165, 1.54) is 193 Å². The topological polar surface area (TPSA) is 9.23 Å². The van der Waals surface area contributed by atoms with Crippen LogP contribution in [0.2, 0.25) is 0 Å². The van der Waals surface area contributed by atoms with Crippen LogP contribution in [0.25, 0.3) is 0 Å². The second-order valence-electron chi connectivity index (χ2n) is 21.2. The molecular formula is C54H102O. The van der Waals surface area contributed by atoms with Crippen LogP contribution in [0.15, 0.2) is 0 Å². The molecule has 4 saturated carbocycles. The highest BCUT2D eigenvalue weighted by Gasteiger charge is 2.29. The van der Waals surface area contributed by atoms with Gasteiger partial charge in [0.2, 0.25) is 0 Å². The number of hydrogen-bond acceptors (Lipinski definition) is 1. The summed E-state index contributed by atoms with van der Waals surface area (Å²) in [5, 5.41) is 0. The van der Waals surface area contributed by atoms with Crippen LogP contribution in [0.5, 0.6) is 0 Å². The van der Waals surface area contributed by atoms with Gasteiger partial charge < -0.3 is 4.74 Å². The first-order chi connectivity index (χ1) is 27.1. The molecule has 2 unspecified atom stereocenters. The first kappa shape index (κ1) is 47.6. The molecular weight excluding hydrogens is 665 g/mol. The zero-order valence-corrected chi connectivity index (χ0v) is 38.5. The van der Waals surface area contributed by atoms with Gasteiger partial charge in [0.05, 0.1) is 12.2 Å². The third-order valence-electron chi connectivity index (χ3n) is 16.5. The first-order valence-corrected chi connectivity index (χ1v) is 26.7. The van der Waals surface area contributed by atoms with E-state index in [9.17, 15) is 0 Å². The van der Waals surface area contributed by atoms with E-state index in [-0.39, 0.29) is 0 Å². The summed E-state index contributed by atoms with van der Waals surface area (Å²) in [7, 11) is 0. The van der Waals surface area contributed by atoms with Crippen LogP contribution >= 0.6 is 0 Å². The van der Waals surface area contributed by atoms with Crippen molar-refractivity contribution in [1.82, 2.24) is 0 Å². The maximum atomic E-state index is 6.84. The Morgan fingerprint density at radius 1 is 0.309 bits per heavy atom. The summed E-state index contributed by atoms with van der Waals surface area (Å²) in [6.07, 6.45) is 60.2. The molecule has 0 heterocycles. The highest BCUT2D eigenvalue weighted by atomic mass is 16.5. The fraction of sp³-hybridized carbons (Fsp3) is 1.00. The average Bonchev–Trinajstić information content (AvgIpc) is 3.20. The van der Waals surface area contributed by atoms with E-state index in [1.54, 1.807) is 64.2 Å². The summed E-state index contributed by atoms with van der Waals surface area (Å²) in [4.78, 5) is 0. The minimum atomic E-state index is 0.577. The van der Waals surface area contributed by atoms with E-state index in [4.69, 9.17) is 4.74 Å². The normalized spacial score (nSPS) is 30.3. The van der Waals surface area contributed by atoms with Crippen molar-refractivity contribution in [1.29, 1.82) is 0 Å². The molecule has 0 saturated heterocycles. The zero-order chi connectivity index (χ0) is 38.8. The molecule has 4 fully saturated rings. The Bertz CT molecular complexity index is 778. The molecule has 4 aliphatic rings. The highest BCUT2D eigenvalue weighted by molar-refractivity contribution is 4.81. The fourth-order valence-corrected chi connectivity index (χ4v) is 12.9. The molecule has 0 amide bonds. The Labute approximate surface area is 347 Å². The monoisotopic (exact) mass is 767 g/mol. The van der Waals surface area contributed by atoms with E-state index >= 15 is 0 Å². The molecule has 0 spiro atoms. The third kappa shape index (κ3) is 20.7. The molecule has 324 valence electrons. The van der Waals surface area contributed by atoms with Crippen molar-refractivity contribution < 1.29 is 4.74 Å². The maximum Gasteiger partial charge on any atom is 0.0579 e. The van der Waals surface area contributed by atoms with Crippen LogP contribution in [-0.4, -0.2) is 12.2 Å². The van der Waals surface area contributed by atoms with Gasteiger partial charge in [-0.2, -0.15) is 0 Å². The van der Waals surface area contributed by atoms with Crippen molar-refractivity contribution >= 4 is 0 Å². The van der Waals surface area contributed by atoms with Crippen LogP contribution in [0, 0.1) is 47.3 Å². The lowest BCUT2D eigenvalue weighted by Gasteiger charge is -2.35. The third-order valence-corrected chi connectivity index (χ3v) is 16.5. The molecule has 1 heteroatoms. The zero-order valence-electron chi connectivity index (χ0n) is 38.5. The van der Waals surface area contributed by atoms with Crippen molar-refractivity contribution in [2.24, 2.45) is 47.3 Å². The molecule has 55 heavy (non-hydrogen) atoms. The van der Waals surface area contributed by atoms with Crippen LogP contribution in [0.3, 0.4) is 0 Å². The maximum absolute atomic E-state index is 6.84. The van der Waals surface area contributed by atoms with E-state index in [0.29, 0.717) is 12.2 Å². The largest absolute Gasteiger partial charge is 0.375 e. The molecule has 0 aliphatic heterocycles. The van der Waals surface area contributed by atoms with Crippen LogP contribution in [-0.2, 0) is 4.74 Å². The lowest BCUT2D eigenvalue weighted by atomic mass is 9.75. The molecule has 1 nitrogen and oxygen atoms in total. The molecule has 0 aromatic carbocycles. The molecule has 4 aliphatic carbocycles. The molecule has 0 bridgehead atoms. The minimum absolute atomic E-state index is 0.577. The summed E-state index contributed by atoms with van der Waals surface area (Å²) in [6.45, 7) is 9.54. The molecule has 0 aromatic rings. The molecule has 2 atom stereocenters. The van der Waals surface area contributed by atoms with E-state index < -0.39 is 0 Å². The summed E-state index contributed by atoms with van der Waals surface area (Å²) >= 11 is 0. The predicted octanol–water partition coefficient (Wildman–Crippen LogP) is 18.4.